The summed E-state index contributed by atoms with van der Waals surface area (Å²) in [6.45, 7) is -0.910. The molecule has 1 atom stereocenters. The van der Waals surface area contributed by atoms with Crippen molar-refractivity contribution < 1.29 is 42.4 Å². The minimum atomic E-state index is -1.76. The molecule has 144 valence electrons. The monoisotopic (exact) mass is 386 g/mol. The van der Waals surface area contributed by atoms with Gasteiger partial charge >= 0.3 is 5.97 Å². The summed E-state index contributed by atoms with van der Waals surface area (Å²) in [6.07, 6.45) is -0.391. The van der Waals surface area contributed by atoms with Crippen LogP contribution in [0.3, 0.4) is 0 Å². The Morgan fingerprint density at radius 3 is 2.19 bits per heavy atom. The molecular weight excluding hydrogens is 370 g/mol. The van der Waals surface area contributed by atoms with E-state index in [9.17, 15) is 27.2 Å². The van der Waals surface area contributed by atoms with Gasteiger partial charge in [-0.3, -0.25) is 9.59 Å². The molecule has 0 aliphatic heterocycles. The van der Waals surface area contributed by atoms with E-state index in [2.05, 4.69) is 10.5 Å². The molecule has 3 N–H and O–H groups in total. The summed E-state index contributed by atoms with van der Waals surface area (Å²) in [5.74, 6) is -9.69. The first-order valence-electron chi connectivity index (χ1n) is 7.80. The zero-order chi connectivity index (χ0) is 20.0. The van der Waals surface area contributed by atoms with Gasteiger partial charge in [-0.2, -0.15) is 8.78 Å². The number of halogens is 4. The van der Waals surface area contributed by atoms with E-state index in [1.165, 1.54) is 0 Å². The molecule has 27 heavy (non-hydrogen) atoms. The summed E-state index contributed by atoms with van der Waals surface area (Å²) in [5, 5.41) is 0. The normalized spacial score (nSPS) is 11.7. The summed E-state index contributed by atoms with van der Waals surface area (Å²) in [7, 11) is 0. The number of Topliss-reactive ketones (excluding diaryl/α,β-unsaturated/α-hetero) is 1. The van der Waals surface area contributed by atoms with Gasteiger partial charge in [0.05, 0.1) is 0 Å². The highest BCUT2D eigenvalue weighted by atomic mass is 19.2. The van der Waals surface area contributed by atoms with Crippen molar-refractivity contribution in [2.75, 3.05) is 6.61 Å². The lowest BCUT2D eigenvalue weighted by Crippen LogP contribution is -2.66. The number of quaternary nitrogens is 1. The van der Waals surface area contributed by atoms with E-state index in [0.717, 1.165) is 5.56 Å². The predicted octanol–water partition coefficient (Wildman–Crippen LogP) is 1.93. The van der Waals surface area contributed by atoms with Gasteiger partial charge in [-0.1, -0.05) is 30.3 Å². The van der Waals surface area contributed by atoms with Gasteiger partial charge < -0.3 is 15.2 Å². The molecule has 0 heterocycles. The third-order valence-corrected chi connectivity index (χ3v) is 3.54. The van der Waals surface area contributed by atoms with E-state index in [1.807, 2.05) is 0 Å². The molecule has 2 rings (SSSR count). The van der Waals surface area contributed by atoms with Gasteiger partial charge in [-0.25, -0.2) is 8.78 Å². The van der Waals surface area contributed by atoms with Gasteiger partial charge in [0.2, 0.25) is 17.4 Å². The van der Waals surface area contributed by atoms with Crippen LogP contribution in [0.15, 0.2) is 36.4 Å². The number of esters is 1. The summed E-state index contributed by atoms with van der Waals surface area (Å²) in [5.41, 5.74) is 4.21. The van der Waals surface area contributed by atoms with E-state index in [-0.39, 0.29) is 12.7 Å². The van der Waals surface area contributed by atoms with Gasteiger partial charge in [0.25, 0.3) is 0 Å². The maximum absolute atomic E-state index is 13.5. The first-order valence-corrected chi connectivity index (χ1v) is 7.80. The van der Waals surface area contributed by atoms with Crippen molar-refractivity contribution in [3.63, 3.8) is 0 Å². The molecule has 0 aromatic heterocycles. The van der Waals surface area contributed by atoms with E-state index >= 15 is 0 Å². The van der Waals surface area contributed by atoms with Gasteiger partial charge in [0.15, 0.2) is 30.0 Å². The first kappa shape index (κ1) is 20.4. The first-order chi connectivity index (χ1) is 12.8. The van der Waals surface area contributed by atoms with E-state index in [1.54, 1.807) is 30.3 Å². The SMILES string of the molecule is [NH3+][C@@H](CC(=O)OCc1ccccc1)C(=O)COc1c(F)c(F)cc(F)c1F. The number of hydrogen-bond donors (Lipinski definition) is 1. The van der Waals surface area contributed by atoms with Crippen LogP contribution in [-0.2, 0) is 20.9 Å². The van der Waals surface area contributed by atoms with E-state index in [4.69, 9.17) is 4.74 Å². The fourth-order valence-electron chi connectivity index (χ4n) is 2.05. The highest BCUT2D eigenvalue weighted by Gasteiger charge is 2.25. The molecule has 0 bridgehead atoms. The summed E-state index contributed by atoms with van der Waals surface area (Å²) < 4.78 is 62.6. The van der Waals surface area contributed by atoms with Crippen LogP contribution >= 0.6 is 0 Å². The quantitative estimate of drug-likeness (QED) is 0.427. The molecule has 0 fully saturated rings. The fourth-order valence-corrected chi connectivity index (χ4v) is 2.05. The second-order valence-corrected chi connectivity index (χ2v) is 5.60. The Bertz CT molecular complexity index is 804. The highest BCUT2D eigenvalue weighted by Crippen LogP contribution is 2.26. The number of rotatable bonds is 8. The molecule has 0 amide bonds. The maximum Gasteiger partial charge on any atom is 0.312 e. The molecule has 0 aliphatic carbocycles. The van der Waals surface area contributed by atoms with Crippen molar-refractivity contribution in [3.05, 3.63) is 65.2 Å². The molecule has 0 spiro atoms. The second kappa shape index (κ2) is 9.13. The van der Waals surface area contributed by atoms with Crippen molar-refractivity contribution in [2.24, 2.45) is 0 Å². The zero-order valence-electron chi connectivity index (χ0n) is 14.0. The predicted molar refractivity (Wildman–Crippen MR) is 84.3 cm³/mol. The van der Waals surface area contributed by atoms with E-state index in [0.29, 0.717) is 0 Å². The number of benzene rings is 2. The molecule has 9 heteroatoms. The Labute approximate surface area is 151 Å². The zero-order valence-corrected chi connectivity index (χ0v) is 14.0. The minimum absolute atomic E-state index is 0.01000. The van der Waals surface area contributed by atoms with Crippen LogP contribution in [0.1, 0.15) is 12.0 Å². The topological polar surface area (TPSA) is 80.2 Å². The van der Waals surface area contributed by atoms with Gasteiger partial charge in [0, 0.05) is 6.07 Å². The largest absolute Gasteiger partial charge is 0.479 e. The van der Waals surface area contributed by atoms with Crippen molar-refractivity contribution in [3.8, 4) is 5.75 Å². The van der Waals surface area contributed by atoms with Crippen molar-refractivity contribution in [2.45, 2.75) is 19.1 Å². The van der Waals surface area contributed by atoms with Crippen molar-refractivity contribution >= 4 is 11.8 Å². The molecule has 5 nitrogen and oxygen atoms in total. The van der Waals surface area contributed by atoms with Crippen LogP contribution in [0.4, 0.5) is 17.6 Å². The molecule has 2 aromatic carbocycles. The van der Waals surface area contributed by atoms with Gasteiger partial charge in [-0.05, 0) is 5.56 Å². The number of ketones is 1. The molecule has 0 aliphatic rings. The Morgan fingerprint density at radius 2 is 1.59 bits per heavy atom. The van der Waals surface area contributed by atoms with Crippen LogP contribution in [0.5, 0.6) is 5.75 Å². The molecular formula is C18H16F4NO4+. The maximum atomic E-state index is 13.5. The van der Waals surface area contributed by atoms with E-state index < -0.39 is 59.8 Å². The smallest absolute Gasteiger partial charge is 0.312 e. The average molecular weight is 386 g/mol. The number of hydrogen-bond acceptors (Lipinski definition) is 4. The Kier molecular flexibility index (Phi) is 6.89. The highest BCUT2D eigenvalue weighted by molar-refractivity contribution is 5.87. The third kappa shape index (κ3) is 5.52. The lowest BCUT2D eigenvalue weighted by molar-refractivity contribution is -0.403. The Morgan fingerprint density at radius 1 is 1.00 bits per heavy atom. The lowest BCUT2D eigenvalue weighted by atomic mass is 10.1. The second-order valence-electron chi connectivity index (χ2n) is 5.60. The number of carbonyl (C=O) groups is 2. The van der Waals surface area contributed by atoms with Crippen molar-refractivity contribution in [1.29, 1.82) is 0 Å². The summed E-state index contributed by atoms with van der Waals surface area (Å²) in [6, 6.07) is 7.71. The molecule has 0 unspecified atom stereocenters. The Balaban J connectivity index is 1.86. The number of ether oxygens (including phenoxy) is 2. The van der Waals surface area contributed by atoms with Crippen LogP contribution in [0.25, 0.3) is 0 Å². The van der Waals surface area contributed by atoms with Crippen LogP contribution in [-0.4, -0.2) is 24.4 Å². The number of carbonyl (C=O) groups excluding carboxylic acids is 2. The molecule has 0 saturated heterocycles. The standard InChI is InChI=1S/C18H15F4NO4/c19-11-6-12(20)17(22)18(16(11)21)27-9-14(24)13(23)7-15(25)26-8-10-4-2-1-3-5-10/h1-6,13H,7-9,23H2/p+1/t13-/m0/s1. The fraction of sp³-hybridized carbons (Fsp3) is 0.222. The lowest BCUT2D eigenvalue weighted by Gasteiger charge is -2.11. The minimum Gasteiger partial charge on any atom is -0.479 e. The molecule has 0 radical (unpaired) electrons. The summed E-state index contributed by atoms with van der Waals surface area (Å²) >= 11 is 0. The third-order valence-electron chi connectivity index (χ3n) is 3.54. The summed E-state index contributed by atoms with van der Waals surface area (Å²) in [4.78, 5) is 23.6. The van der Waals surface area contributed by atoms with Crippen LogP contribution < -0.4 is 10.5 Å². The Hall–Kier alpha value is -2.94. The molecule has 0 saturated carbocycles. The van der Waals surface area contributed by atoms with Crippen LogP contribution in [0.2, 0.25) is 0 Å². The molecule has 2 aromatic rings. The van der Waals surface area contributed by atoms with Gasteiger partial charge in [-0.15, -0.1) is 0 Å². The van der Waals surface area contributed by atoms with Gasteiger partial charge in [0.1, 0.15) is 13.0 Å². The van der Waals surface area contributed by atoms with Crippen molar-refractivity contribution in [1.82, 2.24) is 0 Å². The average Bonchev–Trinajstić information content (AvgIpc) is 2.65. The van der Waals surface area contributed by atoms with Crippen LogP contribution in [0, 0.1) is 23.3 Å².